The van der Waals surface area contributed by atoms with Gasteiger partial charge < -0.3 is 15.1 Å². The largest absolute Gasteiger partial charge is 0.493 e. The van der Waals surface area contributed by atoms with Crippen LogP contribution in [0.1, 0.15) is 17.5 Å². The number of fused-ring (bicyclic) bond motifs is 2. The Morgan fingerprint density at radius 3 is 2.52 bits per heavy atom. The summed E-state index contributed by atoms with van der Waals surface area (Å²) in [5, 5.41) is 4.41. The van der Waals surface area contributed by atoms with E-state index >= 15 is 0 Å². The van der Waals surface area contributed by atoms with Gasteiger partial charge in [0.05, 0.1) is 0 Å². The molecular weight excluding hydrogens is 608 g/mol. The molecule has 0 spiro atoms. The van der Waals surface area contributed by atoms with Crippen molar-refractivity contribution in [3.63, 3.8) is 0 Å². The quantitative estimate of drug-likeness (QED) is 0.396. The lowest BCUT2D eigenvalue weighted by atomic mass is 10.1. The molecule has 15 heteroatoms. The Balaban J connectivity index is 1.51. The molecular formula is C29H29ClF4N6O4. The molecule has 0 bridgehead atoms. The molecule has 3 aliphatic heterocycles. The highest BCUT2D eigenvalue weighted by Crippen LogP contribution is 2.43. The van der Waals surface area contributed by atoms with Crippen molar-refractivity contribution in [3.05, 3.63) is 91.3 Å². The predicted molar refractivity (Wildman–Crippen MR) is 154 cm³/mol. The van der Waals surface area contributed by atoms with Gasteiger partial charge in [0, 0.05) is 44.3 Å². The van der Waals surface area contributed by atoms with Gasteiger partial charge in [0.25, 0.3) is 5.56 Å². The first-order chi connectivity index (χ1) is 21.0. The second-order valence-corrected chi connectivity index (χ2v) is 11.5. The van der Waals surface area contributed by atoms with E-state index in [0.717, 1.165) is 20.6 Å². The predicted octanol–water partition coefficient (Wildman–Crippen LogP) is 3.01. The number of likely N-dealkylation sites (tertiary alicyclic amines) is 1. The molecule has 1 aromatic heterocycles. The summed E-state index contributed by atoms with van der Waals surface area (Å²) in [5.41, 5.74) is -0.456. The van der Waals surface area contributed by atoms with Crippen LogP contribution in [0.3, 0.4) is 0 Å². The fourth-order valence-electron chi connectivity index (χ4n) is 6.37. The van der Waals surface area contributed by atoms with E-state index in [9.17, 15) is 31.9 Å². The maximum Gasteiger partial charge on any atom is 0.493 e. The van der Waals surface area contributed by atoms with Crippen LogP contribution >= 0.6 is 11.6 Å². The number of hydrogen-bond acceptors (Lipinski definition) is 8. The highest BCUT2D eigenvalue weighted by molar-refractivity contribution is 6.31. The number of alkyl halides is 3. The van der Waals surface area contributed by atoms with Gasteiger partial charge in [-0.15, -0.1) is 5.06 Å². The Morgan fingerprint density at radius 2 is 1.82 bits per heavy atom. The number of hydroxylamine groups is 1. The zero-order chi connectivity index (χ0) is 31.3. The Hall–Kier alpha value is -3.88. The van der Waals surface area contributed by atoms with Gasteiger partial charge in [0.15, 0.2) is 17.8 Å². The first kappa shape index (κ1) is 30.2. The van der Waals surface area contributed by atoms with E-state index in [2.05, 4.69) is 5.32 Å². The Bertz CT molecular complexity index is 1700. The first-order valence-electron chi connectivity index (χ1n) is 14.1. The van der Waals surface area contributed by atoms with E-state index < -0.39 is 35.5 Å². The fraction of sp³-hybridized carbons (Fsp3) is 0.414. The van der Waals surface area contributed by atoms with Crippen LogP contribution < -0.4 is 26.5 Å². The summed E-state index contributed by atoms with van der Waals surface area (Å²) >= 11 is 6.50. The minimum Gasteiger partial charge on any atom is -0.327 e. The molecule has 4 heterocycles. The first-order valence-corrected chi connectivity index (χ1v) is 14.5. The topological polar surface area (TPSA) is 92.1 Å². The van der Waals surface area contributed by atoms with Crippen LogP contribution in [0.25, 0.3) is 0 Å². The van der Waals surface area contributed by atoms with Crippen LogP contribution in [0, 0.1) is 11.7 Å². The smallest absolute Gasteiger partial charge is 0.327 e. The van der Waals surface area contributed by atoms with E-state index in [0.29, 0.717) is 35.8 Å². The van der Waals surface area contributed by atoms with Gasteiger partial charge in [-0.1, -0.05) is 41.9 Å². The molecule has 0 aliphatic carbocycles. The van der Waals surface area contributed by atoms with Crippen molar-refractivity contribution >= 4 is 29.1 Å². The van der Waals surface area contributed by atoms with E-state index in [4.69, 9.17) is 16.4 Å². The normalized spacial score (nSPS) is 21.5. The molecule has 3 aromatic rings. The molecule has 0 amide bonds. The maximum absolute atomic E-state index is 14.2. The molecule has 2 aromatic carbocycles. The number of anilines is 2. The second-order valence-electron chi connectivity index (χ2n) is 11.1. The number of benzene rings is 2. The Morgan fingerprint density at radius 1 is 1.09 bits per heavy atom. The summed E-state index contributed by atoms with van der Waals surface area (Å²) < 4.78 is 56.2. The number of halogens is 5. The van der Waals surface area contributed by atoms with Crippen LogP contribution in [-0.2, 0) is 36.2 Å². The Labute approximate surface area is 253 Å². The number of nitrogens with zero attached hydrogens (tertiary/aromatic N) is 5. The van der Waals surface area contributed by atoms with Crippen molar-refractivity contribution in [1.29, 1.82) is 0 Å². The average Bonchev–Trinajstić information content (AvgIpc) is 3.68. The van der Waals surface area contributed by atoms with Gasteiger partial charge in [-0.05, 0) is 54.6 Å². The van der Waals surface area contributed by atoms with Gasteiger partial charge in [-0.2, -0.15) is 13.2 Å². The van der Waals surface area contributed by atoms with Gasteiger partial charge in [-0.25, -0.2) is 14.0 Å². The third-order valence-corrected chi connectivity index (χ3v) is 8.88. The lowest BCUT2D eigenvalue weighted by Crippen LogP contribution is -2.59. The summed E-state index contributed by atoms with van der Waals surface area (Å²) in [6.07, 6.45) is -5.59. The molecule has 10 nitrogen and oxygen atoms in total. The van der Waals surface area contributed by atoms with Crippen molar-refractivity contribution in [2.75, 3.05) is 29.6 Å². The van der Waals surface area contributed by atoms with Crippen molar-refractivity contribution < 1.29 is 27.2 Å². The summed E-state index contributed by atoms with van der Waals surface area (Å²) in [5.74, 6) is -3.00. The highest BCUT2D eigenvalue weighted by Gasteiger charge is 2.54. The number of rotatable bonds is 7. The summed E-state index contributed by atoms with van der Waals surface area (Å²) in [4.78, 5) is 48.6. The summed E-state index contributed by atoms with van der Waals surface area (Å²) in [7, 11) is 1.31. The number of carbonyl (C=O) groups is 1. The van der Waals surface area contributed by atoms with E-state index in [-0.39, 0.29) is 43.0 Å². The maximum atomic E-state index is 14.2. The second kappa shape index (κ2) is 11.6. The summed E-state index contributed by atoms with van der Waals surface area (Å²) in [6, 6.07) is 12.3. The minimum absolute atomic E-state index is 0.0376. The molecule has 2 fully saturated rings. The van der Waals surface area contributed by atoms with Crippen LogP contribution in [0.15, 0.2) is 58.1 Å². The van der Waals surface area contributed by atoms with Crippen molar-refractivity contribution in [2.24, 2.45) is 13.0 Å². The highest BCUT2D eigenvalue weighted by atomic mass is 35.5. The van der Waals surface area contributed by atoms with E-state index in [1.165, 1.54) is 31.3 Å². The van der Waals surface area contributed by atoms with Crippen LogP contribution in [-0.4, -0.2) is 58.1 Å². The van der Waals surface area contributed by atoms with E-state index in [1.54, 1.807) is 29.2 Å². The van der Waals surface area contributed by atoms with Crippen LogP contribution in [0.5, 0.6) is 0 Å². The SMILES string of the molecule is Cn1c2c(c(=O)n(CCc3ccc(F)cc3)c1=O)N(Cc1ccccc1Cl)C(N1CCC3CNCC31)N2OC(=O)C(F)(F)F. The number of nitrogens with one attached hydrogen (secondary N) is 1. The molecule has 234 valence electrons. The van der Waals surface area contributed by atoms with Crippen LogP contribution in [0.2, 0.25) is 5.02 Å². The standard InChI is InChI=1S/C29H29ClF4N6O4/c1-36-24-23(25(41)38(28(36)43)12-10-17-6-8-20(31)9-7-17)39(16-19-4-2-3-5-21(19)30)27(40(24)44-26(42)29(32,33)34)37-13-11-18-14-35-15-22(18)37/h2-9,18,22,27,35H,10-16H2,1H3. The molecule has 0 radical (unpaired) electrons. The molecule has 3 atom stereocenters. The number of aryl methyl sites for hydroxylation is 1. The number of aromatic nitrogens is 2. The van der Waals surface area contributed by atoms with Gasteiger partial charge >= 0.3 is 17.8 Å². The van der Waals surface area contributed by atoms with Crippen molar-refractivity contribution in [1.82, 2.24) is 19.4 Å². The molecule has 2 saturated heterocycles. The fourth-order valence-corrected chi connectivity index (χ4v) is 6.57. The monoisotopic (exact) mass is 636 g/mol. The molecule has 0 saturated carbocycles. The van der Waals surface area contributed by atoms with Crippen LogP contribution in [0.4, 0.5) is 29.1 Å². The molecule has 6 rings (SSSR count). The molecule has 1 N–H and O–H groups in total. The zero-order valence-electron chi connectivity index (χ0n) is 23.6. The lowest BCUT2D eigenvalue weighted by molar-refractivity contribution is -0.203. The third kappa shape index (κ3) is 5.35. The van der Waals surface area contributed by atoms with Crippen molar-refractivity contribution in [3.8, 4) is 0 Å². The zero-order valence-corrected chi connectivity index (χ0v) is 24.3. The Kier molecular flexibility index (Phi) is 7.92. The van der Waals surface area contributed by atoms with Gasteiger partial charge in [0.2, 0.25) is 0 Å². The lowest BCUT2D eigenvalue weighted by Gasteiger charge is -2.39. The van der Waals surface area contributed by atoms with Gasteiger partial charge in [-0.3, -0.25) is 18.8 Å². The van der Waals surface area contributed by atoms with E-state index in [1.807, 2.05) is 4.90 Å². The number of hydrogen-bond donors (Lipinski definition) is 1. The third-order valence-electron chi connectivity index (χ3n) is 8.51. The minimum atomic E-state index is -5.34. The molecule has 3 aliphatic rings. The molecule has 3 unspecified atom stereocenters. The van der Waals surface area contributed by atoms with Crippen molar-refractivity contribution in [2.45, 2.75) is 44.4 Å². The average molecular weight is 637 g/mol. The number of carbonyl (C=O) groups excluding carboxylic acids is 1. The molecule has 44 heavy (non-hydrogen) atoms. The van der Waals surface area contributed by atoms with Gasteiger partial charge in [0.1, 0.15) is 5.82 Å². The summed E-state index contributed by atoms with van der Waals surface area (Å²) in [6.45, 7) is 1.57.